The molecule has 5 heterocycles. The molecule has 52 heavy (non-hydrogen) atoms. The highest BCUT2D eigenvalue weighted by Gasteiger charge is 2.56. The lowest BCUT2D eigenvalue weighted by atomic mass is 9.95. The smallest absolute Gasteiger partial charge is 0.187 e. The van der Waals surface area contributed by atoms with Gasteiger partial charge in [0.2, 0.25) is 0 Å². The summed E-state index contributed by atoms with van der Waals surface area (Å²) in [7, 11) is 0. The van der Waals surface area contributed by atoms with Crippen LogP contribution < -0.4 is 0 Å². The number of rotatable bonds is 10. The number of hydrogen-bond acceptors (Lipinski definition) is 22. The van der Waals surface area contributed by atoms with Crippen molar-refractivity contribution in [1.82, 2.24) is 0 Å². The Balaban J connectivity index is 1.46. The van der Waals surface area contributed by atoms with Crippen LogP contribution in [0.25, 0.3) is 0 Å². The molecule has 0 aliphatic carbocycles. The molecule has 5 aliphatic heterocycles. The molecule has 0 radical (unpaired) electrons. The van der Waals surface area contributed by atoms with Crippen LogP contribution in [-0.4, -0.2) is 227 Å². The van der Waals surface area contributed by atoms with Gasteiger partial charge in [0.1, 0.15) is 91.6 Å². The third kappa shape index (κ3) is 8.58. The van der Waals surface area contributed by atoms with Gasteiger partial charge in [-0.1, -0.05) is 0 Å². The lowest BCUT2D eigenvalue weighted by Crippen LogP contribution is -2.68. The van der Waals surface area contributed by atoms with Crippen molar-refractivity contribution in [2.45, 2.75) is 175 Å². The summed E-state index contributed by atoms with van der Waals surface area (Å²) in [5.41, 5.74) is 0. The average molecular weight is 765 g/mol. The van der Waals surface area contributed by atoms with E-state index in [1.54, 1.807) is 0 Å². The Labute approximate surface area is 297 Å². The molecule has 0 unspecified atom stereocenters. The monoisotopic (exact) mass is 764 g/mol. The van der Waals surface area contributed by atoms with Gasteiger partial charge in [-0.2, -0.15) is 0 Å². The van der Waals surface area contributed by atoms with E-state index in [0.717, 1.165) is 0 Å². The molecule has 24 atom stereocenters. The highest BCUT2D eigenvalue weighted by atomic mass is 16.8. The summed E-state index contributed by atoms with van der Waals surface area (Å²) in [6.07, 6.45) is -38.9. The number of aliphatic hydroxyl groups is 13. The van der Waals surface area contributed by atoms with Gasteiger partial charge in [0.15, 0.2) is 31.5 Å². The van der Waals surface area contributed by atoms with E-state index >= 15 is 0 Å². The van der Waals surface area contributed by atoms with Gasteiger partial charge >= 0.3 is 0 Å². The van der Waals surface area contributed by atoms with Crippen LogP contribution in [0.2, 0.25) is 0 Å². The minimum Gasteiger partial charge on any atom is -0.394 e. The minimum absolute atomic E-state index is 0.206. The van der Waals surface area contributed by atoms with Gasteiger partial charge in [-0.25, -0.2) is 0 Å². The molecule has 0 amide bonds. The maximum absolute atomic E-state index is 11.5. The van der Waals surface area contributed by atoms with E-state index in [1.807, 2.05) is 0 Å². The number of aliphatic hydroxyl groups excluding tert-OH is 13. The van der Waals surface area contributed by atoms with E-state index in [0.29, 0.717) is 0 Å². The maximum atomic E-state index is 11.5. The fraction of sp³-hybridized carbons (Fsp3) is 1.00. The Morgan fingerprint density at radius 2 is 0.923 bits per heavy atom. The van der Waals surface area contributed by atoms with Crippen LogP contribution in [0.15, 0.2) is 0 Å². The van der Waals surface area contributed by atoms with Gasteiger partial charge < -0.3 is 109 Å². The van der Waals surface area contributed by atoms with E-state index in [4.69, 9.17) is 42.6 Å². The molecule has 0 spiro atoms. The molecular formula is C30H52O22. The van der Waals surface area contributed by atoms with Crippen molar-refractivity contribution in [2.24, 2.45) is 0 Å². The van der Waals surface area contributed by atoms with Gasteiger partial charge in [-0.05, 0) is 20.8 Å². The molecule has 5 saturated heterocycles. The topological polar surface area (TPSA) is 346 Å². The quantitative estimate of drug-likeness (QED) is 0.0982. The largest absolute Gasteiger partial charge is 0.394 e. The zero-order valence-corrected chi connectivity index (χ0v) is 28.5. The van der Waals surface area contributed by atoms with Crippen molar-refractivity contribution in [3.05, 3.63) is 0 Å². The molecule has 22 nitrogen and oxygen atoms in total. The number of ether oxygens (including phenoxy) is 9. The van der Waals surface area contributed by atoms with Crippen LogP contribution in [0.1, 0.15) is 27.2 Å². The second-order valence-electron chi connectivity index (χ2n) is 13.8. The molecule has 0 saturated carbocycles. The molecule has 5 aliphatic rings. The van der Waals surface area contributed by atoms with Crippen LogP contribution in [0.5, 0.6) is 0 Å². The Hall–Kier alpha value is -0.880. The van der Waals surface area contributed by atoms with Gasteiger partial charge in [-0.3, -0.25) is 0 Å². The summed E-state index contributed by atoms with van der Waals surface area (Å²) < 4.78 is 51.5. The standard InChI is InChI=1S/C30H52O22/c1-7-10(33)4-11(34)27(45-7)51-24-16(37)13(6-32)48-30(49-22-9(3)44-26(43)19(40)18(22)39)25(24)52-29-21(42)23(15(36)12(5-31)47-29)50-28-20(41)17(38)14(35)8(2)46-28/h7-43H,4-6H2,1-3H3/t7-,8+,9+,10-,11-,12-,13-,14+,15+,16-,17-,18+,19-,20-,21-,22+,23+,24+,25+,26-,27-,28+,29-,30-/m1/s1. The van der Waals surface area contributed by atoms with E-state index in [1.165, 1.54) is 20.8 Å². The molecule has 22 heteroatoms. The predicted octanol–water partition coefficient (Wildman–Crippen LogP) is -7.81. The summed E-state index contributed by atoms with van der Waals surface area (Å²) in [4.78, 5) is 0. The predicted molar refractivity (Wildman–Crippen MR) is 161 cm³/mol. The first-order valence-corrected chi connectivity index (χ1v) is 17.1. The Bertz CT molecular complexity index is 1130. The first kappa shape index (κ1) is 42.3. The maximum Gasteiger partial charge on any atom is 0.187 e. The lowest BCUT2D eigenvalue weighted by molar-refractivity contribution is -0.407. The molecule has 5 rings (SSSR count). The van der Waals surface area contributed by atoms with E-state index in [9.17, 15) is 66.4 Å². The lowest BCUT2D eigenvalue weighted by Gasteiger charge is -2.50. The van der Waals surface area contributed by atoms with Crippen LogP contribution in [0, 0.1) is 0 Å². The summed E-state index contributed by atoms with van der Waals surface area (Å²) in [6.45, 7) is 2.51. The normalized spacial score (nSPS) is 54.9. The first-order valence-electron chi connectivity index (χ1n) is 17.1. The highest BCUT2D eigenvalue weighted by molar-refractivity contribution is 4.98. The Kier molecular flexibility index (Phi) is 14.2. The van der Waals surface area contributed by atoms with Gasteiger partial charge in [0, 0.05) is 6.42 Å². The third-order valence-electron chi connectivity index (χ3n) is 10.1. The molecule has 0 aromatic heterocycles. The Morgan fingerprint density at radius 1 is 0.404 bits per heavy atom. The van der Waals surface area contributed by atoms with Crippen molar-refractivity contribution in [1.29, 1.82) is 0 Å². The second-order valence-corrected chi connectivity index (χ2v) is 13.8. The van der Waals surface area contributed by atoms with Crippen molar-refractivity contribution < 1.29 is 109 Å². The average Bonchev–Trinajstić information content (AvgIpc) is 3.10. The van der Waals surface area contributed by atoms with Crippen LogP contribution >= 0.6 is 0 Å². The van der Waals surface area contributed by atoms with Crippen LogP contribution in [0.4, 0.5) is 0 Å². The molecule has 0 bridgehead atoms. The van der Waals surface area contributed by atoms with Crippen molar-refractivity contribution >= 4 is 0 Å². The summed E-state index contributed by atoms with van der Waals surface area (Å²) in [5.74, 6) is 0. The number of hydrogen-bond donors (Lipinski definition) is 13. The summed E-state index contributed by atoms with van der Waals surface area (Å²) >= 11 is 0. The summed E-state index contributed by atoms with van der Waals surface area (Å²) in [5, 5.41) is 137. The zero-order chi connectivity index (χ0) is 38.3. The van der Waals surface area contributed by atoms with E-state index in [-0.39, 0.29) is 6.42 Å². The molecule has 304 valence electrons. The van der Waals surface area contributed by atoms with Gasteiger partial charge in [0.25, 0.3) is 0 Å². The first-order chi connectivity index (χ1) is 24.5. The Morgan fingerprint density at radius 3 is 1.56 bits per heavy atom. The molecular weight excluding hydrogens is 712 g/mol. The minimum atomic E-state index is -2.03. The third-order valence-corrected chi connectivity index (χ3v) is 10.1. The van der Waals surface area contributed by atoms with Crippen LogP contribution in [-0.2, 0) is 42.6 Å². The SMILES string of the molecule is C[C@@H]1O[C@@H](O[C@H]2[C@@H](O)[C@@H](CO)O[C@H](O[C@@H]3[C@@H](O[C@@H]4[C@@H](O)[C@@H](O)[C@H](O)O[C@H]4C)O[C@H](CO)[C@@H](O)[C@@H]3O[C@H]3O[C@H](C)[C@H](O)C[C@H]3O)[C@@H]2O)[C@H](O)[C@H](O)[C@H]1O. The second kappa shape index (κ2) is 17.5. The fourth-order valence-electron chi connectivity index (χ4n) is 6.80. The zero-order valence-electron chi connectivity index (χ0n) is 28.5. The van der Waals surface area contributed by atoms with Crippen molar-refractivity contribution in [2.75, 3.05) is 13.2 Å². The molecule has 5 fully saturated rings. The highest BCUT2D eigenvalue weighted by Crippen LogP contribution is 2.37. The fourth-order valence-corrected chi connectivity index (χ4v) is 6.80. The van der Waals surface area contributed by atoms with Crippen LogP contribution in [0.3, 0.4) is 0 Å². The van der Waals surface area contributed by atoms with Gasteiger partial charge in [-0.15, -0.1) is 0 Å². The van der Waals surface area contributed by atoms with Crippen molar-refractivity contribution in [3.8, 4) is 0 Å². The van der Waals surface area contributed by atoms with E-state index in [2.05, 4.69) is 0 Å². The van der Waals surface area contributed by atoms with Crippen molar-refractivity contribution in [3.63, 3.8) is 0 Å². The summed E-state index contributed by atoms with van der Waals surface area (Å²) in [6, 6.07) is 0. The van der Waals surface area contributed by atoms with E-state index < -0.39 is 161 Å². The molecule has 13 N–H and O–H groups in total. The van der Waals surface area contributed by atoms with Gasteiger partial charge in [0.05, 0.1) is 37.6 Å². The molecule has 0 aromatic rings. The molecule has 0 aromatic carbocycles.